The Morgan fingerprint density at radius 2 is 1.92 bits per heavy atom. The number of piperazine rings is 1. The van der Waals surface area contributed by atoms with Crippen LogP contribution in [0.1, 0.15) is 21.7 Å². The molecule has 0 saturated carbocycles. The molecule has 2 heterocycles. The lowest BCUT2D eigenvalue weighted by molar-refractivity contribution is 0.0627. The Balaban J connectivity index is 1.55. The van der Waals surface area contributed by atoms with Gasteiger partial charge in [-0.05, 0) is 32.0 Å². The van der Waals surface area contributed by atoms with E-state index in [0.717, 1.165) is 37.6 Å². The van der Waals surface area contributed by atoms with E-state index in [1.807, 2.05) is 11.6 Å². The van der Waals surface area contributed by atoms with Crippen LogP contribution in [-0.4, -0.2) is 58.2 Å². The summed E-state index contributed by atoms with van der Waals surface area (Å²) in [6, 6.07) is 6.38. The van der Waals surface area contributed by atoms with Gasteiger partial charge in [-0.15, -0.1) is 0 Å². The van der Waals surface area contributed by atoms with Crippen LogP contribution >= 0.6 is 11.6 Å². The Labute approximate surface area is 152 Å². The molecule has 1 fully saturated rings. The van der Waals surface area contributed by atoms with E-state index in [9.17, 15) is 9.18 Å². The molecule has 0 spiro atoms. The normalized spacial score (nSPS) is 15.6. The number of carbonyl (C=O) groups is 1. The highest BCUT2D eigenvalue weighted by atomic mass is 35.5. The van der Waals surface area contributed by atoms with Crippen LogP contribution in [0.3, 0.4) is 0 Å². The van der Waals surface area contributed by atoms with Gasteiger partial charge in [0.1, 0.15) is 5.82 Å². The van der Waals surface area contributed by atoms with Gasteiger partial charge in [0.05, 0.1) is 22.8 Å². The van der Waals surface area contributed by atoms with Gasteiger partial charge >= 0.3 is 0 Å². The topological polar surface area (TPSA) is 41.4 Å². The highest BCUT2D eigenvalue weighted by Gasteiger charge is 2.25. The summed E-state index contributed by atoms with van der Waals surface area (Å²) >= 11 is 6.00. The minimum atomic E-state index is -0.565. The standard InChI is InChI=1S/C18H22ClFN4O/c1-13-12-14(2)24(21-13)11-8-22-6-9-23(10-7-22)18(25)17-15(19)4-3-5-16(17)20/h3-5,12H,6-11H2,1-2H3. The van der Waals surface area contributed by atoms with Crippen molar-refractivity contribution in [1.82, 2.24) is 19.6 Å². The van der Waals surface area contributed by atoms with Crippen LogP contribution < -0.4 is 0 Å². The molecule has 1 aliphatic rings. The van der Waals surface area contributed by atoms with E-state index in [4.69, 9.17) is 11.6 Å². The number of hydrogen-bond acceptors (Lipinski definition) is 3. The fourth-order valence-electron chi connectivity index (χ4n) is 3.17. The highest BCUT2D eigenvalue weighted by molar-refractivity contribution is 6.33. The van der Waals surface area contributed by atoms with E-state index < -0.39 is 5.82 Å². The smallest absolute Gasteiger partial charge is 0.258 e. The molecule has 7 heteroatoms. The molecular formula is C18H22ClFN4O. The van der Waals surface area contributed by atoms with Crippen molar-refractivity contribution in [3.63, 3.8) is 0 Å². The summed E-state index contributed by atoms with van der Waals surface area (Å²) in [6.07, 6.45) is 0. The van der Waals surface area contributed by atoms with Gasteiger partial charge in [0.25, 0.3) is 5.91 Å². The van der Waals surface area contributed by atoms with Crippen molar-refractivity contribution in [2.75, 3.05) is 32.7 Å². The third-order valence-electron chi connectivity index (χ3n) is 4.57. The molecule has 0 radical (unpaired) electrons. The quantitative estimate of drug-likeness (QED) is 0.837. The first-order valence-electron chi connectivity index (χ1n) is 8.42. The van der Waals surface area contributed by atoms with Crippen molar-refractivity contribution in [2.24, 2.45) is 0 Å². The third kappa shape index (κ3) is 4.02. The maximum absolute atomic E-state index is 13.9. The van der Waals surface area contributed by atoms with Gasteiger partial charge in [-0.25, -0.2) is 4.39 Å². The van der Waals surface area contributed by atoms with Crippen molar-refractivity contribution >= 4 is 17.5 Å². The summed E-state index contributed by atoms with van der Waals surface area (Å²) in [5.41, 5.74) is 2.15. The number of aromatic nitrogens is 2. The van der Waals surface area contributed by atoms with Crippen molar-refractivity contribution in [2.45, 2.75) is 20.4 Å². The van der Waals surface area contributed by atoms with Gasteiger partial charge in [0, 0.05) is 38.4 Å². The number of carbonyl (C=O) groups excluding carboxylic acids is 1. The molecule has 0 N–H and O–H groups in total. The average molecular weight is 365 g/mol. The first-order valence-corrected chi connectivity index (χ1v) is 8.80. The molecule has 5 nitrogen and oxygen atoms in total. The molecule has 2 aromatic rings. The first-order chi connectivity index (χ1) is 12.0. The Hall–Kier alpha value is -1.92. The van der Waals surface area contributed by atoms with Crippen molar-refractivity contribution in [1.29, 1.82) is 0 Å². The highest BCUT2D eigenvalue weighted by Crippen LogP contribution is 2.21. The molecule has 1 saturated heterocycles. The number of rotatable bonds is 4. The molecule has 1 aliphatic heterocycles. The monoisotopic (exact) mass is 364 g/mol. The summed E-state index contributed by atoms with van der Waals surface area (Å²) in [6.45, 7) is 8.41. The summed E-state index contributed by atoms with van der Waals surface area (Å²) < 4.78 is 15.9. The summed E-state index contributed by atoms with van der Waals surface area (Å²) in [5, 5.41) is 4.63. The van der Waals surface area contributed by atoms with E-state index in [-0.39, 0.29) is 16.5 Å². The maximum atomic E-state index is 13.9. The molecule has 0 unspecified atom stereocenters. The summed E-state index contributed by atoms with van der Waals surface area (Å²) in [7, 11) is 0. The Bertz CT molecular complexity index is 748. The van der Waals surface area contributed by atoms with E-state index in [1.54, 1.807) is 11.0 Å². The summed E-state index contributed by atoms with van der Waals surface area (Å²) in [5.74, 6) is -0.897. The second kappa shape index (κ2) is 7.54. The van der Waals surface area contributed by atoms with Gasteiger partial charge in [0.2, 0.25) is 0 Å². The second-order valence-electron chi connectivity index (χ2n) is 6.38. The van der Waals surface area contributed by atoms with Gasteiger partial charge in [-0.1, -0.05) is 17.7 Å². The summed E-state index contributed by atoms with van der Waals surface area (Å²) in [4.78, 5) is 16.5. The lowest BCUT2D eigenvalue weighted by Gasteiger charge is -2.35. The molecule has 0 aliphatic carbocycles. The van der Waals surface area contributed by atoms with E-state index in [1.165, 1.54) is 12.1 Å². The lowest BCUT2D eigenvalue weighted by atomic mass is 10.1. The van der Waals surface area contributed by atoms with Gasteiger partial charge in [-0.2, -0.15) is 5.10 Å². The van der Waals surface area contributed by atoms with Gasteiger partial charge in [0.15, 0.2) is 0 Å². The predicted molar refractivity (Wildman–Crippen MR) is 95.5 cm³/mol. The van der Waals surface area contributed by atoms with Gasteiger partial charge < -0.3 is 4.90 Å². The van der Waals surface area contributed by atoms with E-state index >= 15 is 0 Å². The zero-order valence-corrected chi connectivity index (χ0v) is 15.3. The maximum Gasteiger partial charge on any atom is 0.258 e. The largest absolute Gasteiger partial charge is 0.336 e. The minimum absolute atomic E-state index is 0.0275. The van der Waals surface area contributed by atoms with Crippen LogP contribution in [-0.2, 0) is 6.54 Å². The Kier molecular flexibility index (Phi) is 5.39. The molecule has 134 valence electrons. The van der Waals surface area contributed by atoms with Crippen LogP contribution in [0.25, 0.3) is 0 Å². The minimum Gasteiger partial charge on any atom is -0.336 e. The number of hydrogen-bond donors (Lipinski definition) is 0. The van der Waals surface area contributed by atoms with Crippen LogP contribution in [0, 0.1) is 19.7 Å². The SMILES string of the molecule is Cc1cc(C)n(CCN2CCN(C(=O)c3c(F)cccc3Cl)CC2)n1. The molecule has 3 rings (SSSR count). The molecular weight excluding hydrogens is 343 g/mol. The van der Waals surface area contributed by atoms with Crippen molar-refractivity contribution in [3.8, 4) is 0 Å². The van der Waals surface area contributed by atoms with E-state index in [0.29, 0.717) is 13.1 Å². The molecule has 1 aromatic heterocycles. The average Bonchev–Trinajstić information content (AvgIpc) is 2.90. The number of amides is 1. The molecule has 0 bridgehead atoms. The number of benzene rings is 1. The molecule has 1 amide bonds. The zero-order valence-electron chi connectivity index (χ0n) is 14.5. The Morgan fingerprint density at radius 3 is 2.52 bits per heavy atom. The van der Waals surface area contributed by atoms with Gasteiger partial charge in [-0.3, -0.25) is 14.4 Å². The van der Waals surface area contributed by atoms with Crippen molar-refractivity contribution in [3.05, 3.63) is 52.1 Å². The molecule has 0 atom stereocenters. The fourth-order valence-corrected chi connectivity index (χ4v) is 3.42. The fraction of sp³-hybridized carbons (Fsp3) is 0.444. The molecule has 1 aromatic carbocycles. The van der Waals surface area contributed by atoms with Crippen LogP contribution in [0.2, 0.25) is 5.02 Å². The first kappa shape index (κ1) is 17.9. The third-order valence-corrected chi connectivity index (χ3v) is 4.88. The van der Waals surface area contributed by atoms with Crippen LogP contribution in [0.15, 0.2) is 24.3 Å². The van der Waals surface area contributed by atoms with Crippen LogP contribution in [0.4, 0.5) is 4.39 Å². The zero-order chi connectivity index (χ0) is 18.0. The van der Waals surface area contributed by atoms with Crippen molar-refractivity contribution < 1.29 is 9.18 Å². The lowest BCUT2D eigenvalue weighted by Crippen LogP contribution is -2.49. The second-order valence-corrected chi connectivity index (χ2v) is 6.79. The van der Waals surface area contributed by atoms with E-state index in [2.05, 4.69) is 23.0 Å². The predicted octanol–water partition coefficient (Wildman–Crippen LogP) is 2.75. The number of halogens is 2. The molecule has 25 heavy (non-hydrogen) atoms. The number of aryl methyl sites for hydroxylation is 2. The Morgan fingerprint density at radius 1 is 1.20 bits per heavy atom. The number of nitrogens with zero attached hydrogens (tertiary/aromatic N) is 4. The van der Waals surface area contributed by atoms with Crippen LogP contribution in [0.5, 0.6) is 0 Å².